The van der Waals surface area contributed by atoms with Crippen LogP contribution >= 0.6 is 0 Å². The molecule has 19 heavy (non-hydrogen) atoms. The lowest BCUT2D eigenvalue weighted by molar-refractivity contribution is 0.0239. The lowest BCUT2D eigenvalue weighted by atomic mass is 10.0. The van der Waals surface area contributed by atoms with Gasteiger partial charge in [0.1, 0.15) is 5.60 Å². The predicted octanol–water partition coefficient (Wildman–Crippen LogP) is 3.16. The predicted molar refractivity (Wildman–Crippen MR) is 78.3 cm³/mol. The van der Waals surface area contributed by atoms with Crippen molar-refractivity contribution in [3.63, 3.8) is 0 Å². The molecular weight excluding hydrogens is 240 g/mol. The van der Waals surface area contributed by atoms with Crippen LogP contribution in [0.3, 0.4) is 0 Å². The summed E-state index contributed by atoms with van der Waals surface area (Å²) in [5.74, 6) is 0. The van der Waals surface area contributed by atoms with Gasteiger partial charge in [-0.3, -0.25) is 0 Å². The van der Waals surface area contributed by atoms with Crippen LogP contribution < -0.4 is 5.32 Å². The Labute approximate surface area is 117 Å². The average molecular weight is 270 g/mol. The number of carbonyl (C=O) groups excluding carboxylic acids is 1. The summed E-state index contributed by atoms with van der Waals surface area (Å²) in [4.78, 5) is 14.0. The Bertz CT molecular complexity index is 302. The van der Waals surface area contributed by atoms with Gasteiger partial charge in [0.15, 0.2) is 0 Å². The third-order valence-corrected chi connectivity index (χ3v) is 2.96. The zero-order valence-electron chi connectivity index (χ0n) is 13.4. The van der Waals surface area contributed by atoms with Crippen molar-refractivity contribution < 1.29 is 9.53 Å². The summed E-state index contributed by atoms with van der Waals surface area (Å²) in [6.07, 6.45) is 3.15. The number of rotatable bonds is 1. The second-order valence-corrected chi connectivity index (χ2v) is 7.51. The van der Waals surface area contributed by atoms with Gasteiger partial charge in [0, 0.05) is 24.7 Å². The van der Waals surface area contributed by atoms with Crippen LogP contribution in [0.25, 0.3) is 0 Å². The summed E-state index contributed by atoms with van der Waals surface area (Å²) in [5.41, 5.74) is -0.342. The highest BCUT2D eigenvalue weighted by molar-refractivity contribution is 5.68. The van der Waals surface area contributed by atoms with Gasteiger partial charge in [0.2, 0.25) is 0 Å². The van der Waals surface area contributed by atoms with Gasteiger partial charge in [-0.2, -0.15) is 0 Å². The van der Waals surface area contributed by atoms with Crippen molar-refractivity contribution in [2.75, 3.05) is 13.1 Å². The third-order valence-electron chi connectivity index (χ3n) is 2.96. The van der Waals surface area contributed by atoms with Crippen LogP contribution in [0.2, 0.25) is 0 Å². The molecule has 1 fully saturated rings. The van der Waals surface area contributed by atoms with Crippen LogP contribution in [0, 0.1) is 0 Å². The Hall–Kier alpha value is -0.770. The van der Waals surface area contributed by atoms with Crippen LogP contribution in [0.5, 0.6) is 0 Å². The summed E-state index contributed by atoms with van der Waals surface area (Å²) >= 11 is 0. The molecule has 1 unspecified atom stereocenters. The fourth-order valence-electron chi connectivity index (χ4n) is 2.36. The molecule has 0 spiro atoms. The number of amides is 1. The van der Waals surface area contributed by atoms with Gasteiger partial charge in [0.05, 0.1) is 0 Å². The number of nitrogens with zero attached hydrogens (tertiary/aromatic N) is 1. The molecule has 112 valence electrons. The normalized spacial score (nSPS) is 22.0. The number of likely N-dealkylation sites (tertiary alicyclic amines) is 1. The van der Waals surface area contributed by atoms with Gasteiger partial charge in [-0.15, -0.1) is 0 Å². The van der Waals surface area contributed by atoms with Crippen LogP contribution in [-0.4, -0.2) is 41.3 Å². The molecule has 0 saturated carbocycles. The monoisotopic (exact) mass is 270 g/mol. The third kappa shape index (κ3) is 6.81. The fraction of sp³-hybridized carbons (Fsp3) is 0.933. The SMILES string of the molecule is CC(C)(C)NC1CCCCN(C(=O)OC(C)(C)C)C1. The lowest BCUT2D eigenvalue weighted by Gasteiger charge is -2.32. The van der Waals surface area contributed by atoms with Gasteiger partial charge in [-0.25, -0.2) is 4.79 Å². The first-order valence-corrected chi connectivity index (χ1v) is 7.32. The molecule has 1 heterocycles. The second kappa shape index (κ2) is 6.12. The zero-order chi connectivity index (χ0) is 14.7. The van der Waals surface area contributed by atoms with Crippen molar-refractivity contribution in [1.29, 1.82) is 0 Å². The molecular formula is C15H30N2O2. The van der Waals surface area contributed by atoms with E-state index in [0.717, 1.165) is 32.4 Å². The van der Waals surface area contributed by atoms with E-state index >= 15 is 0 Å². The molecule has 1 amide bonds. The van der Waals surface area contributed by atoms with Crippen molar-refractivity contribution in [3.8, 4) is 0 Å². The Morgan fingerprint density at radius 2 is 1.79 bits per heavy atom. The van der Waals surface area contributed by atoms with Crippen molar-refractivity contribution in [1.82, 2.24) is 10.2 Å². The first-order chi connectivity index (χ1) is 8.57. The maximum Gasteiger partial charge on any atom is 0.410 e. The van der Waals surface area contributed by atoms with Crippen molar-refractivity contribution in [2.24, 2.45) is 0 Å². The number of ether oxygens (including phenoxy) is 1. The molecule has 0 radical (unpaired) electrons. The van der Waals surface area contributed by atoms with E-state index in [9.17, 15) is 4.79 Å². The lowest BCUT2D eigenvalue weighted by Crippen LogP contribution is -2.50. The minimum absolute atomic E-state index is 0.0780. The van der Waals surface area contributed by atoms with Crippen molar-refractivity contribution in [3.05, 3.63) is 0 Å². The summed E-state index contributed by atoms with van der Waals surface area (Å²) < 4.78 is 5.47. The van der Waals surface area contributed by atoms with E-state index in [1.54, 1.807) is 0 Å². The van der Waals surface area contributed by atoms with E-state index < -0.39 is 5.60 Å². The van der Waals surface area contributed by atoms with E-state index in [2.05, 4.69) is 26.1 Å². The van der Waals surface area contributed by atoms with E-state index in [4.69, 9.17) is 4.74 Å². The Morgan fingerprint density at radius 3 is 2.32 bits per heavy atom. The van der Waals surface area contributed by atoms with E-state index in [-0.39, 0.29) is 11.6 Å². The zero-order valence-corrected chi connectivity index (χ0v) is 13.4. The standard InChI is InChI=1S/C15H30N2O2/c1-14(2,3)16-12-9-7-8-10-17(11-12)13(18)19-15(4,5)6/h12,16H,7-11H2,1-6H3. The van der Waals surface area contributed by atoms with Gasteiger partial charge >= 0.3 is 6.09 Å². The smallest absolute Gasteiger partial charge is 0.410 e. The molecule has 1 saturated heterocycles. The maximum atomic E-state index is 12.2. The van der Waals surface area contributed by atoms with Gasteiger partial charge in [-0.05, 0) is 54.4 Å². The quantitative estimate of drug-likeness (QED) is 0.795. The molecule has 4 nitrogen and oxygen atoms in total. The minimum Gasteiger partial charge on any atom is -0.444 e. The maximum absolute atomic E-state index is 12.2. The summed E-state index contributed by atoms with van der Waals surface area (Å²) in [7, 11) is 0. The summed E-state index contributed by atoms with van der Waals surface area (Å²) in [6.45, 7) is 13.8. The summed E-state index contributed by atoms with van der Waals surface area (Å²) in [6, 6.07) is 0.356. The molecule has 1 atom stereocenters. The Morgan fingerprint density at radius 1 is 1.16 bits per heavy atom. The summed E-state index contributed by atoms with van der Waals surface area (Å²) in [5, 5.41) is 3.60. The van der Waals surface area contributed by atoms with Gasteiger partial charge in [-0.1, -0.05) is 6.42 Å². The molecule has 0 aromatic rings. The molecule has 0 aromatic carbocycles. The van der Waals surface area contributed by atoms with E-state index in [0.29, 0.717) is 6.04 Å². The van der Waals surface area contributed by atoms with Crippen LogP contribution in [0.4, 0.5) is 4.79 Å². The number of hydrogen-bond donors (Lipinski definition) is 1. The van der Waals surface area contributed by atoms with Gasteiger partial charge in [0.25, 0.3) is 0 Å². The van der Waals surface area contributed by atoms with Crippen molar-refractivity contribution in [2.45, 2.75) is 78.0 Å². The highest BCUT2D eigenvalue weighted by Gasteiger charge is 2.27. The fourth-order valence-corrected chi connectivity index (χ4v) is 2.36. The first kappa shape index (κ1) is 16.3. The van der Waals surface area contributed by atoms with E-state index in [1.165, 1.54) is 0 Å². The van der Waals surface area contributed by atoms with Crippen LogP contribution in [0.1, 0.15) is 60.8 Å². The van der Waals surface area contributed by atoms with Crippen LogP contribution in [-0.2, 0) is 4.74 Å². The minimum atomic E-state index is -0.420. The number of carbonyl (C=O) groups is 1. The van der Waals surface area contributed by atoms with E-state index in [1.807, 2.05) is 25.7 Å². The molecule has 4 heteroatoms. The highest BCUT2D eigenvalue weighted by Crippen LogP contribution is 2.17. The molecule has 0 bridgehead atoms. The second-order valence-electron chi connectivity index (χ2n) is 7.51. The topological polar surface area (TPSA) is 41.6 Å². The highest BCUT2D eigenvalue weighted by atomic mass is 16.6. The first-order valence-electron chi connectivity index (χ1n) is 7.32. The molecule has 1 aliphatic rings. The Kier molecular flexibility index (Phi) is 5.25. The molecule has 1 aliphatic heterocycles. The van der Waals surface area contributed by atoms with Gasteiger partial charge < -0.3 is 15.0 Å². The molecule has 0 aliphatic carbocycles. The number of hydrogen-bond acceptors (Lipinski definition) is 3. The molecule has 0 aromatic heterocycles. The average Bonchev–Trinajstić information content (AvgIpc) is 2.38. The Balaban J connectivity index is 2.60. The van der Waals surface area contributed by atoms with Crippen LogP contribution in [0.15, 0.2) is 0 Å². The number of nitrogens with one attached hydrogen (secondary N) is 1. The van der Waals surface area contributed by atoms with Crippen molar-refractivity contribution >= 4 is 6.09 Å². The molecule has 1 N–H and O–H groups in total. The molecule has 1 rings (SSSR count). The largest absolute Gasteiger partial charge is 0.444 e.